The zero-order valence-electron chi connectivity index (χ0n) is 10.6. The molecule has 1 aromatic heterocycles. The maximum absolute atomic E-state index is 11.0. The molecule has 0 radical (unpaired) electrons. The van der Waals surface area contributed by atoms with E-state index in [0.717, 1.165) is 17.1 Å². The molecule has 1 heterocycles. The number of esters is 1. The van der Waals surface area contributed by atoms with Gasteiger partial charge < -0.3 is 9.30 Å². The standard InChI is InChI=1S/C14H16N2O2/c1-11-15-9-10-16(11)13-6-3-12(4-7-13)5-8-14(17)18-2/h3-4,6-7,9-10H,5,8H2,1-2H3. The van der Waals surface area contributed by atoms with Crippen molar-refractivity contribution in [3.63, 3.8) is 0 Å². The molecule has 2 aromatic rings. The topological polar surface area (TPSA) is 44.1 Å². The first-order chi connectivity index (χ1) is 8.70. The summed E-state index contributed by atoms with van der Waals surface area (Å²) in [6, 6.07) is 8.11. The van der Waals surface area contributed by atoms with E-state index >= 15 is 0 Å². The maximum atomic E-state index is 11.0. The monoisotopic (exact) mass is 244 g/mol. The normalized spacial score (nSPS) is 10.3. The minimum atomic E-state index is -0.176. The van der Waals surface area contributed by atoms with Crippen molar-refractivity contribution in [2.24, 2.45) is 0 Å². The van der Waals surface area contributed by atoms with Gasteiger partial charge in [-0.2, -0.15) is 0 Å². The number of rotatable bonds is 4. The van der Waals surface area contributed by atoms with Crippen LogP contribution in [0.15, 0.2) is 36.7 Å². The Hall–Kier alpha value is -2.10. The molecule has 0 atom stereocenters. The second-order valence-corrected chi connectivity index (χ2v) is 4.09. The summed E-state index contributed by atoms with van der Waals surface area (Å²) in [5, 5.41) is 0. The Balaban J connectivity index is 2.06. The van der Waals surface area contributed by atoms with Gasteiger partial charge in [-0.15, -0.1) is 0 Å². The van der Waals surface area contributed by atoms with E-state index in [2.05, 4.69) is 9.72 Å². The summed E-state index contributed by atoms with van der Waals surface area (Å²) in [5.41, 5.74) is 2.20. The number of carbonyl (C=O) groups is 1. The SMILES string of the molecule is COC(=O)CCc1ccc(-n2ccnc2C)cc1. The predicted octanol–water partition coefficient (Wildman–Crippen LogP) is 2.29. The number of aromatic nitrogens is 2. The zero-order valence-corrected chi connectivity index (χ0v) is 10.6. The molecule has 0 aliphatic heterocycles. The highest BCUT2D eigenvalue weighted by molar-refractivity contribution is 5.69. The fourth-order valence-electron chi connectivity index (χ4n) is 1.82. The number of imidazole rings is 1. The number of hydrogen-bond donors (Lipinski definition) is 0. The van der Waals surface area contributed by atoms with Gasteiger partial charge in [-0.25, -0.2) is 4.98 Å². The number of aryl methyl sites for hydroxylation is 2. The molecule has 94 valence electrons. The fourth-order valence-corrected chi connectivity index (χ4v) is 1.82. The van der Waals surface area contributed by atoms with E-state index < -0.39 is 0 Å². The highest BCUT2D eigenvalue weighted by Gasteiger charge is 2.03. The molecular weight excluding hydrogens is 228 g/mol. The van der Waals surface area contributed by atoms with Gasteiger partial charge in [-0.1, -0.05) is 12.1 Å². The number of nitrogens with zero attached hydrogens (tertiary/aromatic N) is 2. The number of hydrogen-bond acceptors (Lipinski definition) is 3. The van der Waals surface area contributed by atoms with Gasteiger partial charge in [0.15, 0.2) is 0 Å². The summed E-state index contributed by atoms with van der Waals surface area (Å²) in [6.07, 6.45) is 4.83. The summed E-state index contributed by atoms with van der Waals surface area (Å²) in [5.74, 6) is 0.779. The van der Waals surface area contributed by atoms with Gasteiger partial charge in [0.1, 0.15) is 5.82 Å². The minimum Gasteiger partial charge on any atom is -0.469 e. The van der Waals surface area contributed by atoms with Crippen molar-refractivity contribution in [2.75, 3.05) is 7.11 Å². The quantitative estimate of drug-likeness (QED) is 0.775. The summed E-state index contributed by atoms with van der Waals surface area (Å²) >= 11 is 0. The summed E-state index contributed by atoms with van der Waals surface area (Å²) in [4.78, 5) is 15.2. The van der Waals surface area contributed by atoms with E-state index in [1.165, 1.54) is 7.11 Å². The van der Waals surface area contributed by atoms with Crippen LogP contribution in [-0.4, -0.2) is 22.6 Å². The molecule has 0 saturated carbocycles. The van der Waals surface area contributed by atoms with Gasteiger partial charge in [-0.3, -0.25) is 4.79 Å². The molecule has 1 aromatic carbocycles. The van der Waals surface area contributed by atoms with Crippen molar-refractivity contribution in [1.82, 2.24) is 9.55 Å². The highest BCUT2D eigenvalue weighted by Crippen LogP contribution is 2.12. The van der Waals surface area contributed by atoms with Crippen molar-refractivity contribution in [3.05, 3.63) is 48.0 Å². The smallest absolute Gasteiger partial charge is 0.305 e. The van der Waals surface area contributed by atoms with E-state index in [9.17, 15) is 4.79 Å². The van der Waals surface area contributed by atoms with Gasteiger partial charge in [0.05, 0.1) is 7.11 Å². The molecule has 0 fully saturated rings. The summed E-state index contributed by atoms with van der Waals surface area (Å²) in [7, 11) is 1.41. The first-order valence-corrected chi connectivity index (χ1v) is 5.87. The number of benzene rings is 1. The number of methoxy groups -OCH3 is 1. The molecule has 0 spiro atoms. The van der Waals surface area contributed by atoms with E-state index in [0.29, 0.717) is 12.8 Å². The third-order valence-corrected chi connectivity index (χ3v) is 2.89. The van der Waals surface area contributed by atoms with Gasteiger partial charge in [-0.05, 0) is 31.0 Å². The lowest BCUT2D eigenvalue weighted by Gasteiger charge is -2.06. The van der Waals surface area contributed by atoms with Gasteiger partial charge in [0.2, 0.25) is 0 Å². The predicted molar refractivity (Wildman–Crippen MR) is 68.6 cm³/mol. The largest absolute Gasteiger partial charge is 0.469 e. The van der Waals surface area contributed by atoms with Crippen LogP contribution in [0.3, 0.4) is 0 Å². The Morgan fingerprint density at radius 1 is 1.33 bits per heavy atom. The molecule has 2 rings (SSSR count). The molecule has 0 bridgehead atoms. The molecule has 0 unspecified atom stereocenters. The lowest BCUT2D eigenvalue weighted by atomic mass is 10.1. The van der Waals surface area contributed by atoms with Crippen LogP contribution in [0.2, 0.25) is 0 Å². The van der Waals surface area contributed by atoms with E-state index in [-0.39, 0.29) is 5.97 Å². The summed E-state index contributed by atoms with van der Waals surface area (Å²) < 4.78 is 6.64. The van der Waals surface area contributed by atoms with Crippen molar-refractivity contribution >= 4 is 5.97 Å². The third-order valence-electron chi connectivity index (χ3n) is 2.89. The first-order valence-electron chi connectivity index (χ1n) is 5.87. The first kappa shape index (κ1) is 12.4. The lowest BCUT2D eigenvalue weighted by Crippen LogP contribution is -2.02. The molecule has 4 heteroatoms. The van der Waals surface area contributed by atoms with Crippen LogP contribution in [0.4, 0.5) is 0 Å². The Kier molecular flexibility index (Phi) is 3.77. The average molecular weight is 244 g/mol. The van der Waals surface area contributed by atoms with Crippen LogP contribution in [0.5, 0.6) is 0 Å². The van der Waals surface area contributed by atoms with Crippen molar-refractivity contribution < 1.29 is 9.53 Å². The van der Waals surface area contributed by atoms with Crippen LogP contribution in [0, 0.1) is 6.92 Å². The lowest BCUT2D eigenvalue weighted by molar-refractivity contribution is -0.140. The Bertz CT molecular complexity index is 529. The second-order valence-electron chi connectivity index (χ2n) is 4.09. The van der Waals surface area contributed by atoms with Crippen LogP contribution in [0.1, 0.15) is 17.8 Å². The van der Waals surface area contributed by atoms with Crippen molar-refractivity contribution in [1.29, 1.82) is 0 Å². The molecule has 0 aliphatic carbocycles. The number of ether oxygens (including phenoxy) is 1. The van der Waals surface area contributed by atoms with Crippen LogP contribution >= 0.6 is 0 Å². The van der Waals surface area contributed by atoms with Crippen LogP contribution in [0.25, 0.3) is 5.69 Å². The molecule has 0 aliphatic rings. The van der Waals surface area contributed by atoms with E-state index in [4.69, 9.17) is 0 Å². The molecule has 0 N–H and O–H groups in total. The molecule has 18 heavy (non-hydrogen) atoms. The van der Waals surface area contributed by atoms with Crippen molar-refractivity contribution in [3.8, 4) is 5.69 Å². The average Bonchev–Trinajstić information content (AvgIpc) is 2.83. The summed E-state index contributed by atoms with van der Waals surface area (Å²) in [6.45, 7) is 1.96. The maximum Gasteiger partial charge on any atom is 0.305 e. The van der Waals surface area contributed by atoms with Gasteiger partial charge in [0, 0.05) is 24.5 Å². The van der Waals surface area contributed by atoms with Crippen LogP contribution in [-0.2, 0) is 16.0 Å². The van der Waals surface area contributed by atoms with E-state index in [1.807, 2.05) is 42.0 Å². The Morgan fingerprint density at radius 3 is 2.61 bits per heavy atom. The minimum absolute atomic E-state index is 0.176. The third kappa shape index (κ3) is 2.77. The molecule has 4 nitrogen and oxygen atoms in total. The fraction of sp³-hybridized carbons (Fsp3) is 0.286. The molecular formula is C14H16N2O2. The highest BCUT2D eigenvalue weighted by atomic mass is 16.5. The van der Waals surface area contributed by atoms with Crippen LogP contribution < -0.4 is 0 Å². The Morgan fingerprint density at radius 2 is 2.06 bits per heavy atom. The molecule has 0 amide bonds. The molecule has 0 saturated heterocycles. The number of carbonyl (C=O) groups excluding carboxylic acids is 1. The van der Waals surface area contributed by atoms with E-state index in [1.54, 1.807) is 6.20 Å². The van der Waals surface area contributed by atoms with Crippen molar-refractivity contribution in [2.45, 2.75) is 19.8 Å². The second kappa shape index (κ2) is 5.49. The Labute approximate surface area is 106 Å². The zero-order chi connectivity index (χ0) is 13.0. The van der Waals surface area contributed by atoms with Gasteiger partial charge in [0.25, 0.3) is 0 Å². The van der Waals surface area contributed by atoms with Gasteiger partial charge >= 0.3 is 5.97 Å².